The van der Waals surface area contributed by atoms with E-state index in [9.17, 15) is 14.4 Å². The van der Waals surface area contributed by atoms with E-state index in [1.54, 1.807) is 18.2 Å². The number of nitrogens with one attached hydrogen (secondary N) is 2. The molecule has 0 bridgehead atoms. The van der Waals surface area contributed by atoms with Crippen molar-refractivity contribution in [1.82, 2.24) is 10.6 Å². The summed E-state index contributed by atoms with van der Waals surface area (Å²) >= 11 is 12.0. The summed E-state index contributed by atoms with van der Waals surface area (Å²) in [5.74, 6) is -1.20. The second-order valence-electron chi connectivity index (χ2n) is 6.21. The molecule has 1 saturated heterocycles. The van der Waals surface area contributed by atoms with Gasteiger partial charge in [-0.3, -0.25) is 14.4 Å². The van der Waals surface area contributed by atoms with Crippen molar-refractivity contribution in [2.45, 2.75) is 50.6 Å². The van der Waals surface area contributed by atoms with E-state index < -0.39 is 11.5 Å². The Balaban J connectivity index is 1.87. The highest BCUT2D eigenvalue weighted by atomic mass is 35.5. The first-order valence-corrected chi connectivity index (χ1v) is 8.79. The zero-order chi connectivity index (χ0) is 18.4. The van der Waals surface area contributed by atoms with Gasteiger partial charge in [-0.25, -0.2) is 0 Å². The molecule has 0 spiro atoms. The van der Waals surface area contributed by atoms with Gasteiger partial charge in [-0.05, 0) is 30.9 Å². The number of carbonyl (C=O) groups is 3. The summed E-state index contributed by atoms with van der Waals surface area (Å²) in [5.41, 5.74) is 0.109. The number of carboxylic acid groups (broad SMARTS) is 1. The normalized spacial score (nSPS) is 19.5. The summed E-state index contributed by atoms with van der Waals surface area (Å²) in [5, 5.41) is 15.3. The first-order chi connectivity index (χ1) is 11.8. The molecule has 1 aliphatic heterocycles. The lowest BCUT2D eigenvalue weighted by atomic mass is 9.86. The van der Waals surface area contributed by atoms with E-state index in [-0.39, 0.29) is 31.2 Å². The molecule has 2 rings (SSSR count). The number of rotatable bonds is 8. The maximum absolute atomic E-state index is 12.1. The van der Waals surface area contributed by atoms with Gasteiger partial charge < -0.3 is 15.7 Å². The SMILES string of the molecule is O=C(O)CCC1(CCC(=O)NCc2cccc(Cl)c2Cl)CCC(=O)N1. The molecular weight excluding hydrogens is 367 g/mol. The van der Waals surface area contributed by atoms with Gasteiger partial charge in [-0.1, -0.05) is 35.3 Å². The van der Waals surface area contributed by atoms with Crippen LogP contribution in [-0.4, -0.2) is 28.4 Å². The highest BCUT2D eigenvalue weighted by molar-refractivity contribution is 6.42. The standard InChI is InChI=1S/C17H20Cl2N2O4/c18-12-3-1-2-11(16(12)19)10-20-13(22)4-7-17(9-6-15(24)25)8-5-14(23)21-17/h1-3H,4-10H2,(H,20,22)(H,21,23)(H,24,25). The Bertz CT molecular complexity index is 681. The Labute approximate surface area is 155 Å². The predicted octanol–water partition coefficient (Wildman–Crippen LogP) is 2.90. The van der Waals surface area contributed by atoms with Gasteiger partial charge in [0.25, 0.3) is 0 Å². The van der Waals surface area contributed by atoms with Gasteiger partial charge >= 0.3 is 5.97 Å². The van der Waals surface area contributed by atoms with E-state index in [0.29, 0.717) is 35.7 Å². The third-order valence-corrected chi connectivity index (χ3v) is 5.25. The Morgan fingerprint density at radius 2 is 1.96 bits per heavy atom. The van der Waals surface area contributed by atoms with Crippen LogP contribution in [0.5, 0.6) is 0 Å². The first-order valence-electron chi connectivity index (χ1n) is 8.04. The number of hydrogen-bond donors (Lipinski definition) is 3. The van der Waals surface area contributed by atoms with Crippen LogP contribution in [0.15, 0.2) is 18.2 Å². The van der Waals surface area contributed by atoms with E-state index in [1.165, 1.54) is 0 Å². The topological polar surface area (TPSA) is 95.5 Å². The van der Waals surface area contributed by atoms with Crippen LogP contribution in [0, 0.1) is 0 Å². The van der Waals surface area contributed by atoms with Crippen LogP contribution in [0.4, 0.5) is 0 Å². The van der Waals surface area contributed by atoms with Crippen molar-refractivity contribution >= 4 is 41.0 Å². The summed E-state index contributed by atoms with van der Waals surface area (Å²) in [6.07, 6.45) is 1.78. The Morgan fingerprint density at radius 3 is 2.60 bits per heavy atom. The molecular formula is C17H20Cl2N2O4. The molecule has 0 saturated carbocycles. The van der Waals surface area contributed by atoms with Crippen molar-refractivity contribution in [3.8, 4) is 0 Å². The van der Waals surface area contributed by atoms with E-state index >= 15 is 0 Å². The fourth-order valence-electron chi connectivity index (χ4n) is 2.94. The lowest BCUT2D eigenvalue weighted by molar-refractivity contribution is -0.137. The molecule has 8 heteroatoms. The van der Waals surface area contributed by atoms with Gasteiger partial charge in [0.2, 0.25) is 11.8 Å². The van der Waals surface area contributed by atoms with E-state index in [1.807, 2.05) is 0 Å². The number of halogens is 2. The number of carboxylic acids is 1. The molecule has 0 aliphatic carbocycles. The van der Waals surface area contributed by atoms with Gasteiger partial charge in [0.15, 0.2) is 0 Å². The number of benzene rings is 1. The summed E-state index contributed by atoms with van der Waals surface area (Å²) in [6.45, 7) is 0.257. The molecule has 1 aromatic carbocycles. The van der Waals surface area contributed by atoms with Crippen LogP contribution in [0.1, 0.15) is 44.1 Å². The maximum atomic E-state index is 12.1. The number of carbonyl (C=O) groups excluding carboxylic acids is 2. The van der Waals surface area contributed by atoms with Crippen LogP contribution in [0.25, 0.3) is 0 Å². The van der Waals surface area contributed by atoms with Gasteiger partial charge in [0, 0.05) is 31.3 Å². The minimum absolute atomic E-state index is 0.0416. The molecule has 1 atom stereocenters. The van der Waals surface area contributed by atoms with Gasteiger partial charge in [0.1, 0.15) is 0 Å². The highest BCUT2D eigenvalue weighted by Crippen LogP contribution is 2.30. The average molecular weight is 387 g/mol. The minimum atomic E-state index is -0.916. The largest absolute Gasteiger partial charge is 0.481 e. The lowest BCUT2D eigenvalue weighted by Crippen LogP contribution is -2.43. The molecule has 25 heavy (non-hydrogen) atoms. The van der Waals surface area contributed by atoms with Gasteiger partial charge in [-0.15, -0.1) is 0 Å². The van der Waals surface area contributed by atoms with Crippen molar-refractivity contribution in [2.75, 3.05) is 0 Å². The molecule has 1 aliphatic rings. The number of amides is 2. The third kappa shape index (κ3) is 5.61. The van der Waals surface area contributed by atoms with Crippen LogP contribution < -0.4 is 10.6 Å². The van der Waals surface area contributed by atoms with Crippen molar-refractivity contribution in [1.29, 1.82) is 0 Å². The first kappa shape index (κ1) is 19.5. The zero-order valence-electron chi connectivity index (χ0n) is 13.6. The van der Waals surface area contributed by atoms with Crippen LogP contribution >= 0.6 is 23.2 Å². The summed E-state index contributed by atoms with van der Waals surface area (Å²) in [4.78, 5) is 34.5. The van der Waals surface area contributed by atoms with Crippen molar-refractivity contribution < 1.29 is 19.5 Å². The lowest BCUT2D eigenvalue weighted by Gasteiger charge is -2.28. The third-order valence-electron chi connectivity index (χ3n) is 4.39. The Morgan fingerprint density at radius 1 is 1.24 bits per heavy atom. The molecule has 0 aromatic heterocycles. The molecule has 2 amide bonds. The van der Waals surface area contributed by atoms with Crippen LogP contribution in [0.2, 0.25) is 10.0 Å². The molecule has 136 valence electrons. The van der Waals surface area contributed by atoms with E-state index in [0.717, 1.165) is 5.56 Å². The molecule has 0 radical (unpaired) electrons. The second kappa shape index (κ2) is 8.54. The molecule has 3 N–H and O–H groups in total. The van der Waals surface area contributed by atoms with E-state index in [4.69, 9.17) is 28.3 Å². The van der Waals surface area contributed by atoms with Crippen molar-refractivity contribution in [2.24, 2.45) is 0 Å². The maximum Gasteiger partial charge on any atom is 0.303 e. The van der Waals surface area contributed by atoms with Gasteiger partial charge in [0.05, 0.1) is 10.0 Å². The Hall–Kier alpha value is -1.79. The monoisotopic (exact) mass is 386 g/mol. The summed E-state index contributed by atoms with van der Waals surface area (Å²) < 4.78 is 0. The molecule has 1 aromatic rings. The van der Waals surface area contributed by atoms with E-state index in [2.05, 4.69) is 10.6 Å². The van der Waals surface area contributed by atoms with Crippen LogP contribution in [-0.2, 0) is 20.9 Å². The molecule has 6 nitrogen and oxygen atoms in total. The smallest absolute Gasteiger partial charge is 0.303 e. The summed E-state index contributed by atoms with van der Waals surface area (Å²) in [6, 6.07) is 5.20. The average Bonchev–Trinajstić information content (AvgIpc) is 2.94. The van der Waals surface area contributed by atoms with Gasteiger partial charge in [-0.2, -0.15) is 0 Å². The number of aliphatic carboxylic acids is 1. The predicted molar refractivity (Wildman–Crippen MR) is 94.5 cm³/mol. The van der Waals surface area contributed by atoms with Crippen molar-refractivity contribution in [3.63, 3.8) is 0 Å². The second-order valence-corrected chi connectivity index (χ2v) is 7.00. The Kier molecular flexibility index (Phi) is 6.67. The minimum Gasteiger partial charge on any atom is -0.481 e. The van der Waals surface area contributed by atoms with Crippen molar-refractivity contribution in [3.05, 3.63) is 33.8 Å². The van der Waals surface area contributed by atoms with Crippen LogP contribution in [0.3, 0.4) is 0 Å². The fraction of sp³-hybridized carbons (Fsp3) is 0.471. The quantitative estimate of drug-likeness (QED) is 0.639. The zero-order valence-corrected chi connectivity index (χ0v) is 15.1. The highest BCUT2D eigenvalue weighted by Gasteiger charge is 2.37. The molecule has 1 fully saturated rings. The fourth-order valence-corrected chi connectivity index (χ4v) is 3.33. The summed E-state index contributed by atoms with van der Waals surface area (Å²) in [7, 11) is 0. The molecule has 1 unspecified atom stereocenters. The molecule has 1 heterocycles. The number of hydrogen-bond acceptors (Lipinski definition) is 3.